The highest BCUT2D eigenvalue weighted by atomic mass is 35.5. The first kappa shape index (κ1) is 39.8. The van der Waals surface area contributed by atoms with Crippen LogP contribution in [0.4, 0.5) is 11.4 Å². The molecule has 0 saturated carbocycles. The van der Waals surface area contributed by atoms with Crippen LogP contribution in [0.1, 0.15) is 38.7 Å². The standard InChI is InChI=1S/C43H47ClN6O7S/c1-43(2)14-12-32(39(25-43)30-6-8-33(44)9-7-30)27-47-17-19-48(20-18-47)35-4-3-5-36(23-35)57-37-22-31-13-16-49(42(31)46-26-37)58(53,54)38-10-11-41(40(24-38)50(51)52)56-29-34-28-55-21-15-45-34/h3-11,13,16,22-24,26,34,45H,12,14-15,17-21,25,27-29H2,1-2H3. The predicted octanol–water partition coefficient (Wildman–Crippen LogP) is 7.78. The molecule has 3 aromatic carbocycles. The molecule has 15 heteroatoms. The lowest BCUT2D eigenvalue weighted by Crippen LogP contribution is -2.47. The summed E-state index contributed by atoms with van der Waals surface area (Å²) in [5.41, 5.74) is 5.33. The number of allylic oxidation sites excluding steroid dienone is 1. The first-order valence-corrected chi connectivity index (χ1v) is 21.4. The van der Waals surface area contributed by atoms with Crippen molar-refractivity contribution >= 4 is 49.6 Å². The zero-order chi connectivity index (χ0) is 40.4. The molecule has 3 aliphatic rings. The number of nitrogens with zero attached hydrogens (tertiary/aromatic N) is 5. The average molecular weight is 827 g/mol. The summed E-state index contributed by atoms with van der Waals surface area (Å²) in [6.07, 6.45) is 6.22. The second kappa shape index (κ2) is 16.7. The Morgan fingerprint density at radius 2 is 1.83 bits per heavy atom. The Labute approximate surface area is 343 Å². The van der Waals surface area contributed by atoms with Crippen LogP contribution < -0.4 is 19.7 Å². The van der Waals surface area contributed by atoms with Gasteiger partial charge in [-0.15, -0.1) is 0 Å². The van der Waals surface area contributed by atoms with Gasteiger partial charge in [0.05, 0.1) is 35.3 Å². The van der Waals surface area contributed by atoms with Crippen molar-refractivity contribution in [2.45, 2.75) is 44.0 Å². The van der Waals surface area contributed by atoms with Crippen LogP contribution in [0, 0.1) is 15.5 Å². The van der Waals surface area contributed by atoms with Gasteiger partial charge in [-0.05, 0) is 84.3 Å². The van der Waals surface area contributed by atoms with Crippen molar-refractivity contribution in [3.8, 4) is 17.2 Å². The highest BCUT2D eigenvalue weighted by Crippen LogP contribution is 2.43. The largest absolute Gasteiger partial charge is 0.485 e. The van der Waals surface area contributed by atoms with E-state index < -0.39 is 20.6 Å². The van der Waals surface area contributed by atoms with Crippen LogP contribution in [0.5, 0.6) is 17.2 Å². The maximum atomic E-state index is 13.8. The summed E-state index contributed by atoms with van der Waals surface area (Å²) in [6.45, 7) is 11.2. The number of piperazine rings is 1. The fraction of sp³-hybridized carbons (Fsp3) is 0.372. The molecular formula is C43H47ClN6O7S. The number of hydrogen-bond donors (Lipinski definition) is 1. The highest BCUT2D eigenvalue weighted by molar-refractivity contribution is 7.90. The molecule has 0 bridgehead atoms. The number of nitro benzene ring substituents is 1. The number of nitrogens with one attached hydrogen (secondary N) is 1. The van der Waals surface area contributed by atoms with Crippen molar-refractivity contribution < 1.29 is 27.6 Å². The maximum absolute atomic E-state index is 13.8. The minimum Gasteiger partial charge on any atom is -0.485 e. The summed E-state index contributed by atoms with van der Waals surface area (Å²) in [5.74, 6) is 1.05. The monoisotopic (exact) mass is 826 g/mol. The molecule has 0 amide bonds. The third kappa shape index (κ3) is 8.86. The molecule has 8 rings (SSSR count). The van der Waals surface area contributed by atoms with Gasteiger partial charge in [-0.25, -0.2) is 17.4 Å². The number of nitro groups is 1. The normalized spacial score (nSPS) is 19.0. The van der Waals surface area contributed by atoms with Crippen LogP contribution in [0.15, 0.2) is 102 Å². The van der Waals surface area contributed by atoms with Crippen LogP contribution in [0.3, 0.4) is 0 Å². The number of fused-ring (bicyclic) bond motifs is 1. The van der Waals surface area contributed by atoms with Gasteiger partial charge in [0.15, 0.2) is 11.4 Å². The molecule has 1 N–H and O–H groups in total. The molecular weight excluding hydrogens is 780 g/mol. The number of ether oxygens (including phenoxy) is 3. The molecule has 2 fully saturated rings. The second-order valence-electron chi connectivity index (χ2n) is 15.9. The fourth-order valence-corrected chi connectivity index (χ4v) is 9.42. The van der Waals surface area contributed by atoms with Gasteiger partial charge in [-0.1, -0.05) is 49.2 Å². The van der Waals surface area contributed by atoms with Crippen LogP contribution in [-0.4, -0.2) is 92.3 Å². The molecule has 304 valence electrons. The lowest BCUT2D eigenvalue weighted by molar-refractivity contribution is -0.386. The maximum Gasteiger partial charge on any atom is 0.312 e. The Balaban J connectivity index is 0.919. The van der Waals surface area contributed by atoms with Crippen molar-refractivity contribution in [2.75, 3.05) is 64.0 Å². The number of morpholine rings is 1. The third-order valence-electron chi connectivity index (χ3n) is 11.2. The van der Waals surface area contributed by atoms with Crippen LogP contribution in [-0.2, 0) is 14.8 Å². The minimum atomic E-state index is -4.25. The molecule has 58 heavy (non-hydrogen) atoms. The van der Waals surface area contributed by atoms with Gasteiger partial charge >= 0.3 is 5.69 Å². The quantitative estimate of drug-likeness (QED) is 0.0974. The van der Waals surface area contributed by atoms with E-state index >= 15 is 0 Å². The van der Waals surface area contributed by atoms with Gasteiger partial charge in [0.2, 0.25) is 0 Å². The Morgan fingerprint density at radius 1 is 1.02 bits per heavy atom. The van der Waals surface area contributed by atoms with Gasteiger partial charge in [-0.2, -0.15) is 0 Å². The topological polar surface area (TPSA) is 141 Å². The van der Waals surface area contributed by atoms with Gasteiger partial charge in [-0.3, -0.25) is 15.0 Å². The number of benzene rings is 3. The Bertz CT molecular complexity index is 2440. The third-order valence-corrected chi connectivity index (χ3v) is 13.1. The molecule has 4 heterocycles. The summed E-state index contributed by atoms with van der Waals surface area (Å²) in [6, 6.07) is 23.1. The van der Waals surface area contributed by atoms with E-state index in [-0.39, 0.29) is 34.4 Å². The molecule has 2 aliphatic heterocycles. The van der Waals surface area contributed by atoms with Crippen molar-refractivity contribution in [1.82, 2.24) is 19.2 Å². The van der Waals surface area contributed by atoms with E-state index in [0.717, 1.165) is 66.3 Å². The van der Waals surface area contributed by atoms with Crippen molar-refractivity contribution in [2.24, 2.45) is 5.41 Å². The number of halogens is 1. The first-order chi connectivity index (χ1) is 27.9. The highest BCUT2D eigenvalue weighted by Gasteiger charge is 2.30. The van der Waals surface area contributed by atoms with Crippen LogP contribution >= 0.6 is 11.6 Å². The SMILES string of the molecule is CC1(C)CCC(CN2CCN(c3cccc(Oc4cnc5c(ccn5S(=O)(=O)c5ccc(OCC6COCCN6)c([N+](=O)[O-])c5)c4)c3)CC2)=C(c2ccc(Cl)cc2)C1. The fourth-order valence-electron chi connectivity index (χ4n) is 7.96. The van der Waals surface area contributed by atoms with Crippen LogP contribution in [0.25, 0.3) is 16.6 Å². The van der Waals surface area contributed by atoms with Gasteiger partial charge in [0.25, 0.3) is 10.0 Å². The van der Waals surface area contributed by atoms with E-state index in [0.29, 0.717) is 36.6 Å². The zero-order valence-electron chi connectivity index (χ0n) is 32.6. The Hall–Kier alpha value is -4.99. The van der Waals surface area contributed by atoms with Gasteiger partial charge < -0.3 is 24.4 Å². The lowest BCUT2D eigenvalue weighted by Gasteiger charge is -2.39. The van der Waals surface area contributed by atoms with Gasteiger partial charge in [0, 0.05) is 73.7 Å². The molecule has 2 saturated heterocycles. The number of aromatic nitrogens is 2. The molecule has 2 aromatic heterocycles. The van der Waals surface area contributed by atoms with Crippen LogP contribution in [0.2, 0.25) is 5.02 Å². The molecule has 0 radical (unpaired) electrons. The smallest absolute Gasteiger partial charge is 0.312 e. The van der Waals surface area contributed by atoms with Crippen molar-refractivity contribution in [3.05, 3.63) is 118 Å². The molecule has 5 aromatic rings. The van der Waals surface area contributed by atoms with E-state index in [9.17, 15) is 18.5 Å². The Kier molecular flexibility index (Phi) is 11.5. The van der Waals surface area contributed by atoms with E-state index in [4.69, 9.17) is 25.8 Å². The van der Waals surface area contributed by atoms with E-state index in [1.165, 1.54) is 47.7 Å². The summed E-state index contributed by atoms with van der Waals surface area (Å²) in [5, 5.41) is 16.5. The summed E-state index contributed by atoms with van der Waals surface area (Å²) in [7, 11) is -4.25. The number of anilines is 1. The zero-order valence-corrected chi connectivity index (χ0v) is 34.2. The Morgan fingerprint density at radius 3 is 2.59 bits per heavy atom. The molecule has 1 unspecified atom stereocenters. The van der Waals surface area contributed by atoms with E-state index in [2.05, 4.69) is 52.1 Å². The average Bonchev–Trinajstić information content (AvgIpc) is 3.66. The molecule has 1 atom stereocenters. The second-order valence-corrected chi connectivity index (χ2v) is 18.2. The number of pyridine rings is 1. The molecule has 0 spiro atoms. The predicted molar refractivity (Wildman–Crippen MR) is 225 cm³/mol. The van der Waals surface area contributed by atoms with Gasteiger partial charge in [0.1, 0.15) is 18.1 Å². The molecule has 13 nitrogen and oxygen atoms in total. The summed E-state index contributed by atoms with van der Waals surface area (Å²) in [4.78, 5) is 20.4. The molecule has 1 aliphatic carbocycles. The summed E-state index contributed by atoms with van der Waals surface area (Å²) >= 11 is 6.22. The van der Waals surface area contributed by atoms with Crippen molar-refractivity contribution in [1.29, 1.82) is 0 Å². The minimum absolute atomic E-state index is 0.0268. The van der Waals surface area contributed by atoms with Crippen molar-refractivity contribution in [3.63, 3.8) is 0 Å². The number of rotatable bonds is 12. The summed E-state index contributed by atoms with van der Waals surface area (Å²) < 4.78 is 45.9. The lowest BCUT2D eigenvalue weighted by atomic mass is 9.72. The first-order valence-electron chi connectivity index (χ1n) is 19.6. The van der Waals surface area contributed by atoms with E-state index in [1.807, 2.05) is 30.3 Å². The van der Waals surface area contributed by atoms with E-state index in [1.54, 1.807) is 12.1 Å². The number of hydrogen-bond acceptors (Lipinski definition) is 11.